The molecule has 0 atom stereocenters. The summed E-state index contributed by atoms with van der Waals surface area (Å²) in [6.07, 6.45) is 1.75. The Balaban J connectivity index is 2.08. The summed E-state index contributed by atoms with van der Waals surface area (Å²) in [7, 11) is 0. The van der Waals surface area contributed by atoms with E-state index in [-0.39, 0.29) is 5.56 Å². The molecule has 0 unspecified atom stereocenters. The zero-order valence-corrected chi connectivity index (χ0v) is 15.5. The van der Waals surface area contributed by atoms with Crippen LogP contribution in [-0.2, 0) is 0 Å². The minimum atomic E-state index is -0.196. The second kappa shape index (κ2) is 6.66. The third-order valence-corrected chi connectivity index (χ3v) is 5.43. The van der Waals surface area contributed by atoms with Crippen LogP contribution in [0.2, 0.25) is 0 Å². The largest absolute Gasteiger partial charge is 0.305 e. The Morgan fingerprint density at radius 2 is 1.96 bits per heavy atom. The van der Waals surface area contributed by atoms with Gasteiger partial charge in [-0.1, -0.05) is 38.1 Å². The lowest BCUT2D eigenvalue weighted by Gasteiger charge is -2.05. The van der Waals surface area contributed by atoms with E-state index in [1.165, 1.54) is 16.9 Å². The van der Waals surface area contributed by atoms with E-state index >= 15 is 0 Å². The number of rotatable bonds is 3. The van der Waals surface area contributed by atoms with Crippen molar-refractivity contribution in [3.8, 4) is 6.07 Å². The summed E-state index contributed by atoms with van der Waals surface area (Å²) >= 11 is 1.48. The lowest BCUT2D eigenvalue weighted by atomic mass is 10.0. The molecule has 3 rings (SSSR count). The number of H-pyrrole nitrogens is 1. The van der Waals surface area contributed by atoms with Gasteiger partial charge in [-0.25, -0.2) is 4.98 Å². The van der Waals surface area contributed by atoms with E-state index in [4.69, 9.17) is 0 Å². The number of hydrogen-bond acceptors (Lipinski definition) is 4. The molecular formula is C20H19N3OS. The van der Waals surface area contributed by atoms with Gasteiger partial charge in [-0.15, -0.1) is 11.3 Å². The summed E-state index contributed by atoms with van der Waals surface area (Å²) < 4.78 is 0. The van der Waals surface area contributed by atoms with Crippen LogP contribution in [0.15, 0.2) is 29.1 Å². The molecule has 0 aliphatic heterocycles. The Bertz CT molecular complexity index is 1060. The molecule has 0 fully saturated rings. The van der Waals surface area contributed by atoms with E-state index in [0.717, 1.165) is 16.0 Å². The normalized spacial score (nSPS) is 11.9. The second-order valence-corrected chi connectivity index (χ2v) is 7.57. The topological polar surface area (TPSA) is 69.5 Å². The Labute approximate surface area is 150 Å². The van der Waals surface area contributed by atoms with E-state index in [0.29, 0.717) is 27.5 Å². The van der Waals surface area contributed by atoms with E-state index in [1.54, 1.807) is 6.08 Å². The number of aromatic amines is 1. The molecule has 0 aliphatic carbocycles. The Hall–Kier alpha value is -2.71. The quantitative estimate of drug-likeness (QED) is 0.691. The van der Waals surface area contributed by atoms with Crippen molar-refractivity contribution >= 4 is 33.2 Å². The molecule has 1 aromatic carbocycles. The first-order chi connectivity index (χ1) is 11.9. The summed E-state index contributed by atoms with van der Waals surface area (Å²) in [5, 5.41) is 10.1. The van der Waals surface area contributed by atoms with Crippen LogP contribution in [0.3, 0.4) is 0 Å². The summed E-state index contributed by atoms with van der Waals surface area (Å²) in [4.78, 5) is 21.4. The zero-order chi connectivity index (χ0) is 18.1. The first-order valence-corrected chi connectivity index (χ1v) is 8.94. The van der Waals surface area contributed by atoms with E-state index in [9.17, 15) is 10.1 Å². The average Bonchev–Trinajstić information content (AvgIpc) is 2.87. The molecule has 5 heteroatoms. The SMILES string of the molecule is Cc1sc2nc(/C(C#N)=C/c3ccc(C(C)C)cc3)[nH]c(=O)c2c1C. The number of aromatic nitrogens is 2. The van der Waals surface area contributed by atoms with Gasteiger partial charge in [0.25, 0.3) is 5.56 Å². The number of nitrogens with zero attached hydrogens (tertiary/aromatic N) is 2. The maximum Gasteiger partial charge on any atom is 0.260 e. The highest BCUT2D eigenvalue weighted by Crippen LogP contribution is 2.27. The van der Waals surface area contributed by atoms with Crippen molar-refractivity contribution < 1.29 is 0 Å². The predicted octanol–water partition coefficient (Wildman–Crippen LogP) is 4.79. The van der Waals surface area contributed by atoms with Gasteiger partial charge in [0.15, 0.2) is 5.82 Å². The van der Waals surface area contributed by atoms with Crippen molar-refractivity contribution in [2.45, 2.75) is 33.6 Å². The second-order valence-electron chi connectivity index (χ2n) is 6.37. The van der Waals surface area contributed by atoms with Gasteiger partial charge in [0.2, 0.25) is 0 Å². The van der Waals surface area contributed by atoms with Crippen molar-refractivity contribution in [3.63, 3.8) is 0 Å². The van der Waals surface area contributed by atoms with Gasteiger partial charge in [-0.3, -0.25) is 4.79 Å². The Kier molecular flexibility index (Phi) is 4.56. The summed E-state index contributed by atoms with van der Waals surface area (Å²) in [5.74, 6) is 0.772. The van der Waals surface area contributed by atoms with Crippen LogP contribution in [0.5, 0.6) is 0 Å². The van der Waals surface area contributed by atoms with Gasteiger partial charge in [-0.05, 0) is 42.5 Å². The third kappa shape index (κ3) is 3.26. The molecule has 25 heavy (non-hydrogen) atoms. The molecule has 0 saturated carbocycles. The highest BCUT2D eigenvalue weighted by Gasteiger charge is 2.14. The van der Waals surface area contributed by atoms with Crippen molar-refractivity contribution in [2.24, 2.45) is 0 Å². The molecule has 4 nitrogen and oxygen atoms in total. The molecule has 0 saturated heterocycles. The molecule has 0 bridgehead atoms. The third-order valence-electron chi connectivity index (χ3n) is 4.33. The van der Waals surface area contributed by atoms with E-state index in [1.807, 2.05) is 26.0 Å². The van der Waals surface area contributed by atoms with Gasteiger partial charge in [0.05, 0.1) is 11.0 Å². The molecule has 0 radical (unpaired) electrons. The van der Waals surface area contributed by atoms with Crippen LogP contribution in [0.1, 0.15) is 47.2 Å². The van der Waals surface area contributed by atoms with Crippen LogP contribution in [-0.4, -0.2) is 9.97 Å². The standard InChI is InChI=1S/C20H19N3OS/c1-11(2)15-7-5-14(6-8-15)9-16(10-21)18-22-19(24)17-12(3)13(4)25-20(17)23-18/h5-9,11H,1-4H3,(H,22,23,24)/b16-9+. The predicted molar refractivity (Wildman–Crippen MR) is 104 cm³/mol. The van der Waals surface area contributed by atoms with Crippen LogP contribution in [0, 0.1) is 25.2 Å². The Morgan fingerprint density at radius 1 is 1.28 bits per heavy atom. The number of thiophene rings is 1. The smallest absolute Gasteiger partial charge is 0.260 e. The highest BCUT2D eigenvalue weighted by molar-refractivity contribution is 7.18. The molecule has 126 valence electrons. The van der Waals surface area contributed by atoms with Crippen LogP contribution in [0.25, 0.3) is 21.9 Å². The number of nitrogens with one attached hydrogen (secondary N) is 1. The van der Waals surface area contributed by atoms with E-state index < -0.39 is 0 Å². The monoisotopic (exact) mass is 349 g/mol. The first-order valence-electron chi connectivity index (χ1n) is 8.13. The molecule has 0 aliphatic rings. The summed E-state index contributed by atoms with van der Waals surface area (Å²) in [5.41, 5.74) is 3.25. The van der Waals surface area contributed by atoms with Crippen molar-refractivity contribution in [1.29, 1.82) is 5.26 Å². The first kappa shape index (κ1) is 17.1. The van der Waals surface area contributed by atoms with Crippen molar-refractivity contribution in [3.05, 3.63) is 62.0 Å². The van der Waals surface area contributed by atoms with E-state index in [2.05, 4.69) is 42.0 Å². The van der Waals surface area contributed by atoms with Gasteiger partial charge < -0.3 is 4.98 Å². The number of fused-ring (bicyclic) bond motifs is 1. The average molecular weight is 349 g/mol. The minimum absolute atomic E-state index is 0.196. The minimum Gasteiger partial charge on any atom is -0.305 e. The summed E-state index contributed by atoms with van der Waals surface area (Å²) in [6, 6.07) is 10.2. The molecule has 0 amide bonds. The van der Waals surface area contributed by atoms with Gasteiger partial charge in [-0.2, -0.15) is 5.26 Å². The lowest BCUT2D eigenvalue weighted by molar-refractivity contribution is 0.866. The number of aryl methyl sites for hydroxylation is 2. The number of hydrogen-bond donors (Lipinski definition) is 1. The number of benzene rings is 1. The molecule has 0 spiro atoms. The van der Waals surface area contributed by atoms with Crippen LogP contribution < -0.4 is 5.56 Å². The summed E-state index contributed by atoms with van der Waals surface area (Å²) in [6.45, 7) is 8.17. The number of nitriles is 1. The van der Waals surface area contributed by atoms with Crippen LogP contribution in [0.4, 0.5) is 0 Å². The molecule has 2 heterocycles. The highest BCUT2D eigenvalue weighted by atomic mass is 32.1. The fraction of sp³-hybridized carbons (Fsp3) is 0.250. The molecular weight excluding hydrogens is 330 g/mol. The fourth-order valence-corrected chi connectivity index (χ4v) is 3.71. The van der Waals surface area contributed by atoms with Crippen LogP contribution >= 0.6 is 11.3 Å². The fourth-order valence-electron chi connectivity index (χ4n) is 2.68. The van der Waals surface area contributed by atoms with Gasteiger partial charge >= 0.3 is 0 Å². The zero-order valence-electron chi connectivity index (χ0n) is 14.7. The van der Waals surface area contributed by atoms with Gasteiger partial charge in [0.1, 0.15) is 10.9 Å². The van der Waals surface area contributed by atoms with Crippen molar-refractivity contribution in [1.82, 2.24) is 9.97 Å². The van der Waals surface area contributed by atoms with Gasteiger partial charge in [0, 0.05) is 4.88 Å². The number of allylic oxidation sites excluding steroid dienone is 1. The molecule has 1 N–H and O–H groups in total. The Morgan fingerprint density at radius 3 is 2.56 bits per heavy atom. The maximum atomic E-state index is 12.4. The molecule has 2 aromatic heterocycles. The lowest BCUT2D eigenvalue weighted by Crippen LogP contribution is -2.10. The van der Waals surface area contributed by atoms with Crippen molar-refractivity contribution in [2.75, 3.05) is 0 Å². The molecule has 3 aromatic rings. The maximum absolute atomic E-state index is 12.4.